The van der Waals surface area contributed by atoms with Crippen LogP contribution in [0, 0.1) is 0 Å². The van der Waals surface area contributed by atoms with E-state index in [2.05, 4.69) is 39.0 Å². The average Bonchev–Trinajstić information content (AvgIpc) is 2.98. The van der Waals surface area contributed by atoms with Gasteiger partial charge in [-0.05, 0) is 13.1 Å². The van der Waals surface area contributed by atoms with E-state index in [1.54, 1.807) is 12.4 Å². The van der Waals surface area contributed by atoms with Crippen LogP contribution < -0.4 is 10.1 Å². The first-order chi connectivity index (χ1) is 9.33. The first kappa shape index (κ1) is 13.7. The van der Waals surface area contributed by atoms with E-state index in [4.69, 9.17) is 4.74 Å². The predicted molar refractivity (Wildman–Crippen MR) is 74.7 cm³/mol. The lowest BCUT2D eigenvalue weighted by molar-refractivity contribution is 0.217. The van der Waals surface area contributed by atoms with Crippen molar-refractivity contribution < 1.29 is 4.74 Å². The standard InChI is InChI=1S/C13H21N5O/c1-3-18(4-2)7-8-19-12-10-14-9-11(17-12)13-15-5-6-16-13/h9-10H,3-8H2,1-2H3,(H,15,16). The lowest BCUT2D eigenvalue weighted by Crippen LogP contribution is -2.28. The molecule has 0 saturated carbocycles. The highest BCUT2D eigenvalue weighted by Crippen LogP contribution is 2.07. The molecule has 0 amide bonds. The molecule has 0 radical (unpaired) electrons. The zero-order valence-electron chi connectivity index (χ0n) is 11.6. The van der Waals surface area contributed by atoms with Crippen molar-refractivity contribution in [3.63, 3.8) is 0 Å². The van der Waals surface area contributed by atoms with Crippen LogP contribution in [0.2, 0.25) is 0 Å². The summed E-state index contributed by atoms with van der Waals surface area (Å²) in [6.07, 6.45) is 3.34. The van der Waals surface area contributed by atoms with Crippen molar-refractivity contribution in [1.29, 1.82) is 0 Å². The number of hydrogen-bond acceptors (Lipinski definition) is 6. The van der Waals surface area contributed by atoms with Crippen LogP contribution in [0.1, 0.15) is 19.5 Å². The van der Waals surface area contributed by atoms with E-state index >= 15 is 0 Å². The Morgan fingerprint density at radius 2 is 2.16 bits per heavy atom. The van der Waals surface area contributed by atoms with Crippen molar-refractivity contribution >= 4 is 5.84 Å². The first-order valence-corrected chi connectivity index (χ1v) is 6.79. The van der Waals surface area contributed by atoms with E-state index in [1.165, 1.54) is 0 Å². The SMILES string of the molecule is CCN(CC)CCOc1cncc(C2=NCCN2)n1. The third-order valence-corrected chi connectivity index (χ3v) is 3.08. The summed E-state index contributed by atoms with van der Waals surface area (Å²) < 4.78 is 5.64. The lowest BCUT2D eigenvalue weighted by atomic mass is 10.4. The molecule has 2 heterocycles. The number of hydrogen-bond donors (Lipinski definition) is 1. The Balaban J connectivity index is 1.88. The van der Waals surface area contributed by atoms with Crippen molar-refractivity contribution in [1.82, 2.24) is 20.2 Å². The minimum absolute atomic E-state index is 0.557. The molecule has 0 aliphatic carbocycles. The zero-order valence-corrected chi connectivity index (χ0v) is 11.6. The van der Waals surface area contributed by atoms with Gasteiger partial charge in [0.05, 0.1) is 18.9 Å². The maximum absolute atomic E-state index is 5.64. The highest BCUT2D eigenvalue weighted by atomic mass is 16.5. The smallest absolute Gasteiger partial charge is 0.233 e. The normalized spacial score (nSPS) is 14.4. The van der Waals surface area contributed by atoms with Gasteiger partial charge in [-0.25, -0.2) is 4.98 Å². The summed E-state index contributed by atoms with van der Waals surface area (Å²) in [6, 6.07) is 0. The molecule has 6 heteroatoms. The van der Waals surface area contributed by atoms with Crippen LogP contribution in [0.5, 0.6) is 5.88 Å². The van der Waals surface area contributed by atoms with Crippen molar-refractivity contribution in [2.45, 2.75) is 13.8 Å². The van der Waals surface area contributed by atoms with Crippen molar-refractivity contribution in [3.05, 3.63) is 18.1 Å². The Hall–Kier alpha value is -1.69. The van der Waals surface area contributed by atoms with Gasteiger partial charge < -0.3 is 15.0 Å². The summed E-state index contributed by atoms with van der Waals surface area (Å²) in [4.78, 5) is 15.2. The van der Waals surface area contributed by atoms with Crippen LogP contribution >= 0.6 is 0 Å². The van der Waals surface area contributed by atoms with E-state index in [0.29, 0.717) is 12.5 Å². The summed E-state index contributed by atoms with van der Waals surface area (Å²) in [5.41, 5.74) is 0.748. The second-order valence-electron chi connectivity index (χ2n) is 4.28. The number of nitrogens with one attached hydrogen (secondary N) is 1. The molecule has 2 rings (SSSR count). The molecular weight excluding hydrogens is 242 g/mol. The summed E-state index contributed by atoms with van der Waals surface area (Å²) in [5.74, 6) is 1.36. The van der Waals surface area contributed by atoms with E-state index in [-0.39, 0.29) is 0 Å². The third kappa shape index (κ3) is 3.89. The number of amidine groups is 1. The van der Waals surface area contributed by atoms with Crippen molar-refractivity contribution in [2.75, 3.05) is 39.3 Å². The molecule has 1 aromatic rings. The molecule has 0 spiro atoms. The van der Waals surface area contributed by atoms with Gasteiger partial charge in [0.1, 0.15) is 18.1 Å². The fourth-order valence-electron chi connectivity index (χ4n) is 1.92. The van der Waals surface area contributed by atoms with Gasteiger partial charge in [-0.3, -0.25) is 9.98 Å². The molecular formula is C13H21N5O. The second kappa shape index (κ2) is 7.04. The highest BCUT2D eigenvalue weighted by Gasteiger charge is 2.10. The van der Waals surface area contributed by atoms with Gasteiger partial charge in [-0.15, -0.1) is 0 Å². The van der Waals surface area contributed by atoms with Crippen LogP contribution in [0.25, 0.3) is 0 Å². The number of aromatic nitrogens is 2. The van der Waals surface area contributed by atoms with Gasteiger partial charge in [0.25, 0.3) is 0 Å². The van der Waals surface area contributed by atoms with Gasteiger partial charge in [-0.2, -0.15) is 0 Å². The second-order valence-corrected chi connectivity index (χ2v) is 4.28. The molecule has 1 aromatic heterocycles. The molecule has 104 valence electrons. The van der Waals surface area contributed by atoms with Crippen LogP contribution in [0.3, 0.4) is 0 Å². The Bertz CT molecular complexity index is 431. The van der Waals surface area contributed by atoms with Gasteiger partial charge >= 0.3 is 0 Å². The predicted octanol–water partition coefficient (Wildman–Crippen LogP) is 0.547. The number of rotatable bonds is 7. The molecule has 0 bridgehead atoms. The van der Waals surface area contributed by atoms with E-state index in [0.717, 1.165) is 44.3 Å². The Morgan fingerprint density at radius 1 is 1.32 bits per heavy atom. The Kier molecular flexibility index (Phi) is 5.09. The number of nitrogens with zero attached hydrogens (tertiary/aromatic N) is 4. The van der Waals surface area contributed by atoms with Crippen molar-refractivity contribution in [2.24, 2.45) is 4.99 Å². The monoisotopic (exact) mass is 263 g/mol. The largest absolute Gasteiger partial charge is 0.475 e. The summed E-state index contributed by atoms with van der Waals surface area (Å²) in [7, 11) is 0. The molecule has 1 aliphatic rings. The molecule has 1 N–H and O–H groups in total. The summed E-state index contributed by atoms with van der Waals surface area (Å²) >= 11 is 0. The molecule has 1 aliphatic heterocycles. The summed E-state index contributed by atoms with van der Waals surface area (Å²) in [5, 5.41) is 3.18. The number of likely N-dealkylation sites (N-methyl/N-ethyl adjacent to an activating group) is 1. The first-order valence-electron chi connectivity index (χ1n) is 6.79. The van der Waals surface area contributed by atoms with Crippen LogP contribution in [-0.4, -0.2) is 60.0 Å². The molecule has 0 aromatic carbocycles. The van der Waals surface area contributed by atoms with Gasteiger partial charge in [0.15, 0.2) is 0 Å². The van der Waals surface area contributed by atoms with E-state index in [9.17, 15) is 0 Å². The van der Waals surface area contributed by atoms with Crippen LogP contribution in [0.15, 0.2) is 17.4 Å². The zero-order chi connectivity index (χ0) is 13.5. The topological polar surface area (TPSA) is 62.6 Å². The quantitative estimate of drug-likeness (QED) is 0.778. The highest BCUT2D eigenvalue weighted by molar-refractivity contribution is 5.97. The van der Waals surface area contributed by atoms with Gasteiger partial charge in [0.2, 0.25) is 5.88 Å². The average molecular weight is 263 g/mol. The Labute approximate surface area is 113 Å². The van der Waals surface area contributed by atoms with Crippen molar-refractivity contribution in [3.8, 4) is 5.88 Å². The maximum Gasteiger partial charge on any atom is 0.233 e. The molecule has 0 saturated heterocycles. The van der Waals surface area contributed by atoms with E-state index in [1.807, 2.05) is 0 Å². The van der Waals surface area contributed by atoms with Crippen LogP contribution in [-0.2, 0) is 0 Å². The molecule has 0 atom stereocenters. The number of ether oxygens (including phenoxy) is 1. The minimum Gasteiger partial charge on any atom is -0.475 e. The fourth-order valence-corrected chi connectivity index (χ4v) is 1.92. The summed E-state index contributed by atoms with van der Waals surface area (Å²) in [6.45, 7) is 9.55. The van der Waals surface area contributed by atoms with E-state index < -0.39 is 0 Å². The minimum atomic E-state index is 0.557. The molecule has 6 nitrogen and oxygen atoms in total. The van der Waals surface area contributed by atoms with Gasteiger partial charge in [-0.1, -0.05) is 13.8 Å². The fraction of sp³-hybridized carbons (Fsp3) is 0.615. The third-order valence-electron chi connectivity index (χ3n) is 3.08. The lowest BCUT2D eigenvalue weighted by Gasteiger charge is -2.17. The maximum atomic E-state index is 5.64. The van der Waals surface area contributed by atoms with Gasteiger partial charge in [0, 0.05) is 13.1 Å². The van der Waals surface area contributed by atoms with Crippen LogP contribution in [0.4, 0.5) is 0 Å². The molecule has 0 unspecified atom stereocenters. The Morgan fingerprint density at radius 3 is 2.84 bits per heavy atom. The molecule has 0 fully saturated rings. The number of aliphatic imine (C=N–C) groups is 1. The molecule has 19 heavy (non-hydrogen) atoms.